The van der Waals surface area contributed by atoms with Gasteiger partial charge in [0, 0.05) is 29.9 Å². The molecule has 0 atom stereocenters. The summed E-state index contributed by atoms with van der Waals surface area (Å²) in [7, 11) is -2.14. The standard InChI is InChI=1S/C28H26FN5O5S/c1-38-28-25(29)26-19(14-32-28)3-2-8-34(26)24-7-6-18-13-30-21(12-22(18)33-24)15-31-27(35)17-4-5-20-16-39-9-10-40(36,37)23(20)11-17/h4-7,11-14H,2-3,8-10,15-16H2,1H3,(H,31,35). The van der Waals surface area contributed by atoms with Crippen LogP contribution in [0.15, 0.2) is 53.7 Å². The SMILES string of the molecule is COc1ncc2c(c1F)N(c1ccc3cnc(CNC(=O)c4ccc5c(c4)S(=O)(=O)CCOC5)cc3n1)CCC2. The number of ether oxygens (including phenoxy) is 2. The molecule has 0 unspecified atom stereocenters. The first kappa shape index (κ1) is 26.1. The predicted molar refractivity (Wildman–Crippen MR) is 145 cm³/mol. The van der Waals surface area contributed by atoms with Gasteiger partial charge in [-0.15, -0.1) is 0 Å². The molecule has 0 saturated heterocycles. The van der Waals surface area contributed by atoms with E-state index >= 15 is 4.39 Å². The second-order valence-electron chi connectivity index (χ2n) is 9.62. The molecule has 0 spiro atoms. The van der Waals surface area contributed by atoms with Gasteiger partial charge in [-0.1, -0.05) is 6.07 Å². The maximum atomic E-state index is 15.2. The van der Waals surface area contributed by atoms with E-state index in [1.807, 2.05) is 17.0 Å². The lowest BCUT2D eigenvalue weighted by atomic mass is 10.0. The van der Waals surface area contributed by atoms with Gasteiger partial charge in [0.15, 0.2) is 9.84 Å². The number of fused-ring (bicyclic) bond motifs is 3. The molecule has 2 aliphatic rings. The van der Waals surface area contributed by atoms with Crippen LogP contribution in [-0.4, -0.2) is 55.3 Å². The molecule has 0 saturated carbocycles. The molecule has 1 N–H and O–H groups in total. The number of hydrogen-bond acceptors (Lipinski definition) is 9. The number of benzene rings is 1. The molecule has 1 aromatic carbocycles. The van der Waals surface area contributed by atoms with E-state index in [0.717, 1.165) is 17.4 Å². The van der Waals surface area contributed by atoms with E-state index < -0.39 is 21.6 Å². The van der Waals surface area contributed by atoms with Crippen LogP contribution in [0.5, 0.6) is 5.88 Å². The summed E-state index contributed by atoms with van der Waals surface area (Å²) in [4.78, 5) is 28.1. The number of pyridine rings is 3. The largest absolute Gasteiger partial charge is 0.479 e. The zero-order valence-electron chi connectivity index (χ0n) is 21.7. The van der Waals surface area contributed by atoms with E-state index in [9.17, 15) is 13.2 Å². The number of aromatic nitrogens is 3. The van der Waals surface area contributed by atoms with Crippen LogP contribution in [-0.2, 0) is 34.1 Å². The number of amides is 1. The fourth-order valence-corrected chi connectivity index (χ4v) is 6.40. The first-order valence-electron chi connectivity index (χ1n) is 12.8. The molecule has 0 aliphatic carbocycles. The van der Waals surface area contributed by atoms with E-state index in [2.05, 4.69) is 15.3 Å². The van der Waals surface area contributed by atoms with Gasteiger partial charge >= 0.3 is 0 Å². The number of sulfone groups is 1. The Hall–Kier alpha value is -4.16. The maximum Gasteiger partial charge on any atom is 0.252 e. The molecular weight excluding hydrogens is 537 g/mol. The van der Waals surface area contributed by atoms with Crippen molar-refractivity contribution in [2.75, 3.05) is 30.9 Å². The predicted octanol–water partition coefficient (Wildman–Crippen LogP) is 3.49. The van der Waals surface area contributed by atoms with Crippen molar-refractivity contribution in [1.82, 2.24) is 20.3 Å². The third-order valence-electron chi connectivity index (χ3n) is 7.07. The Balaban J connectivity index is 1.24. The van der Waals surface area contributed by atoms with Crippen molar-refractivity contribution in [3.05, 3.63) is 77.0 Å². The molecule has 0 bridgehead atoms. The summed E-state index contributed by atoms with van der Waals surface area (Å²) in [6.07, 6.45) is 4.85. The minimum Gasteiger partial charge on any atom is -0.479 e. The number of methoxy groups -OCH3 is 1. The number of carbonyl (C=O) groups is 1. The molecule has 3 aromatic heterocycles. The van der Waals surface area contributed by atoms with Crippen molar-refractivity contribution >= 4 is 38.2 Å². The highest BCUT2D eigenvalue weighted by molar-refractivity contribution is 7.91. The Morgan fingerprint density at radius 2 is 2.02 bits per heavy atom. The molecule has 40 heavy (non-hydrogen) atoms. The van der Waals surface area contributed by atoms with Gasteiger partial charge in [0.2, 0.25) is 5.82 Å². The Kier molecular flexibility index (Phi) is 6.80. The molecular formula is C28H26FN5O5S. The Bertz CT molecular complexity index is 1750. The normalized spacial score (nSPS) is 16.1. The fraction of sp³-hybridized carbons (Fsp3) is 0.286. The van der Waals surface area contributed by atoms with Gasteiger partial charge in [0.05, 0.1) is 54.4 Å². The Labute approximate surface area is 230 Å². The summed E-state index contributed by atoms with van der Waals surface area (Å²) in [5.41, 5.74) is 3.20. The van der Waals surface area contributed by atoms with Gasteiger partial charge in [-0.3, -0.25) is 9.78 Å². The van der Waals surface area contributed by atoms with Crippen LogP contribution in [0.25, 0.3) is 10.9 Å². The van der Waals surface area contributed by atoms with Gasteiger partial charge in [0.25, 0.3) is 11.8 Å². The molecule has 1 amide bonds. The van der Waals surface area contributed by atoms with Crippen LogP contribution in [0.4, 0.5) is 15.9 Å². The molecule has 2 aliphatic heterocycles. The van der Waals surface area contributed by atoms with Crippen molar-refractivity contribution in [2.24, 2.45) is 0 Å². The van der Waals surface area contributed by atoms with Gasteiger partial charge in [-0.2, -0.15) is 4.39 Å². The second-order valence-corrected chi connectivity index (χ2v) is 11.7. The first-order valence-corrected chi connectivity index (χ1v) is 14.5. The molecule has 206 valence electrons. The third kappa shape index (κ3) is 4.84. The minimum atomic E-state index is -3.53. The number of aryl methyl sites for hydroxylation is 1. The van der Waals surface area contributed by atoms with Gasteiger partial charge in [-0.25, -0.2) is 18.4 Å². The lowest BCUT2D eigenvalue weighted by Gasteiger charge is -2.30. The van der Waals surface area contributed by atoms with Gasteiger partial charge < -0.3 is 19.7 Å². The summed E-state index contributed by atoms with van der Waals surface area (Å²) >= 11 is 0. The van der Waals surface area contributed by atoms with Crippen molar-refractivity contribution in [3.63, 3.8) is 0 Å². The topological polar surface area (TPSA) is 124 Å². The summed E-state index contributed by atoms with van der Waals surface area (Å²) in [5, 5.41) is 3.60. The average Bonchev–Trinajstić information content (AvgIpc) is 3.12. The van der Waals surface area contributed by atoms with Crippen LogP contribution >= 0.6 is 0 Å². The summed E-state index contributed by atoms with van der Waals surface area (Å²) < 4.78 is 50.8. The highest BCUT2D eigenvalue weighted by Gasteiger charge is 2.27. The molecule has 0 radical (unpaired) electrons. The van der Waals surface area contributed by atoms with E-state index in [1.54, 1.807) is 30.6 Å². The minimum absolute atomic E-state index is 0.0610. The Morgan fingerprint density at radius 1 is 1.15 bits per heavy atom. The Morgan fingerprint density at radius 3 is 2.88 bits per heavy atom. The molecule has 6 rings (SSSR count). The lowest BCUT2D eigenvalue weighted by Crippen LogP contribution is -2.27. The molecule has 10 nitrogen and oxygen atoms in total. The molecule has 12 heteroatoms. The second kappa shape index (κ2) is 10.4. The quantitative estimate of drug-likeness (QED) is 0.389. The molecule has 4 aromatic rings. The highest BCUT2D eigenvalue weighted by atomic mass is 32.2. The van der Waals surface area contributed by atoms with Crippen LogP contribution in [0.3, 0.4) is 0 Å². The maximum absolute atomic E-state index is 15.2. The van der Waals surface area contributed by atoms with Gasteiger partial charge in [-0.05, 0) is 54.3 Å². The summed E-state index contributed by atoms with van der Waals surface area (Å²) in [5.74, 6) is -0.542. The van der Waals surface area contributed by atoms with E-state index in [1.165, 1.54) is 13.2 Å². The smallest absolute Gasteiger partial charge is 0.252 e. The number of anilines is 2. The number of carbonyl (C=O) groups excluding carboxylic acids is 1. The van der Waals surface area contributed by atoms with Crippen LogP contribution in [0.2, 0.25) is 0 Å². The van der Waals surface area contributed by atoms with Crippen molar-refractivity contribution < 1.29 is 27.1 Å². The van der Waals surface area contributed by atoms with E-state index in [4.69, 9.17) is 14.5 Å². The number of nitrogens with one attached hydrogen (secondary N) is 1. The zero-order chi connectivity index (χ0) is 27.9. The number of nitrogens with zero attached hydrogens (tertiary/aromatic N) is 4. The van der Waals surface area contributed by atoms with Crippen LogP contribution < -0.4 is 15.0 Å². The monoisotopic (exact) mass is 563 g/mol. The van der Waals surface area contributed by atoms with Crippen LogP contribution in [0.1, 0.15) is 33.6 Å². The highest BCUT2D eigenvalue weighted by Crippen LogP contribution is 2.37. The number of rotatable bonds is 5. The third-order valence-corrected chi connectivity index (χ3v) is 8.82. The van der Waals surface area contributed by atoms with Crippen molar-refractivity contribution in [3.8, 4) is 5.88 Å². The average molecular weight is 564 g/mol. The fourth-order valence-electron chi connectivity index (χ4n) is 5.01. The van der Waals surface area contributed by atoms with E-state index in [0.29, 0.717) is 41.2 Å². The van der Waals surface area contributed by atoms with Crippen molar-refractivity contribution in [2.45, 2.75) is 30.9 Å². The van der Waals surface area contributed by atoms with Crippen molar-refractivity contribution in [1.29, 1.82) is 0 Å². The molecule has 5 heterocycles. The lowest BCUT2D eigenvalue weighted by molar-refractivity contribution is 0.0950. The first-order chi connectivity index (χ1) is 19.3. The molecule has 0 fully saturated rings. The summed E-state index contributed by atoms with van der Waals surface area (Å²) in [6.45, 7) is 1.00. The van der Waals surface area contributed by atoms with Gasteiger partial charge in [0.1, 0.15) is 5.82 Å². The van der Waals surface area contributed by atoms with E-state index in [-0.39, 0.29) is 41.9 Å². The number of halogens is 1. The number of hydrogen-bond donors (Lipinski definition) is 1. The zero-order valence-corrected chi connectivity index (χ0v) is 22.5. The summed E-state index contributed by atoms with van der Waals surface area (Å²) in [6, 6.07) is 10.1. The van der Waals surface area contributed by atoms with Crippen LogP contribution in [0, 0.1) is 5.82 Å².